The number of halogens is 1. The molecule has 2 heteroatoms. The summed E-state index contributed by atoms with van der Waals surface area (Å²) in [4.78, 5) is 0. The summed E-state index contributed by atoms with van der Waals surface area (Å²) in [6.07, 6.45) is 2.92. The van der Waals surface area contributed by atoms with E-state index in [9.17, 15) is 5.11 Å². The highest BCUT2D eigenvalue weighted by atomic mass is 35.5. The maximum absolute atomic E-state index is 10.0. The summed E-state index contributed by atoms with van der Waals surface area (Å²) in [7, 11) is 0. The smallest absolute Gasteiger partial charge is 0.0896 e. The fourth-order valence-electron chi connectivity index (χ4n) is 1.70. The van der Waals surface area contributed by atoms with Gasteiger partial charge in [-0.25, -0.2) is 0 Å². The van der Waals surface area contributed by atoms with Gasteiger partial charge in [-0.15, -0.1) is 11.6 Å². The van der Waals surface area contributed by atoms with E-state index in [1.165, 1.54) is 0 Å². The topological polar surface area (TPSA) is 20.2 Å². The number of aliphatic hydroxyl groups is 1. The molecule has 0 heterocycles. The lowest BCUT2D eigenvalue weighted by Crippen LogP contribution is -2.33. The second-order valence-corrected chi connectivity index (χ2v) is 3.98. The molecule has 0 amide bonds. The summed E-state index contributed by atoms with van der Waals surface area (Å²) in [5.74, 6) is 0.540. The predicted molar refractivity (Wildman–Crippen MR) is 53.7 cm³/mol. The van der Waals surface area contributed by atoms with Crippen LogP contribution in [0, 0.1) is 0 Å². The molecule has 1 aromatic rings. The van der Waals surface area contributed by atoms with Crippen molar-refractivity contribution >= 4 is 11.6 Å². The normalized spacial score (nSPS) is 19.5. The third-order valence-electron chi connectivity index (χ3n) is 2.83. The second-order valence-electron chi connectivity index (χ2n) is 3.72. The van der Waals surface area contributed by atoms with Crippen LogP contribution in [0.3, 0.4) is 0 Å². The molecule has 1 aromatic carbocycles. The average molecular weight is 197 g/mol. The largest absolute Gasteiger partial charge is 0.385 e. The van der Waals surface area contributed by atoms with Crippen LogP contribution in [0.1, 0.15) is 30.4 Å². The summed E-state index contributed by atoms with van der Waals surface area (Å²) in [6.45, 7) is 0. The fourth-order valence-corrected chi connectivity index (χ4v) is 1.88. The Bertz CT molecular complexity index is 287. The minimum absolute atomic E-state index is 0.537. The quantitative estimate of drug-likeness (QED) is 0.722. The summed E-state index contributed by atoms with van der Waals surface area (Å²) in [5.41, 5.74) is 1.60. The molecule has 1 nitrogen and oxygen atoms in total. The van der Waals surface area contributed by atoms with Gasteiger partial charge in [0, 0.05) is 5.88 Å². The third-order valence-corrected chi connectivity index (χ3v) is 3.13. The van der Waals surface area contributed by atoms with Crippen molar-refractivity contribution in [2.75, 3.05) is 0 Å². The first-order valence-corrected chi connectivity index (χ1v) is 5.16. The molecule has 0 aromatic heterocycles. The highest BCUT2D eigenvalue weighted by Gasteiger charge is 2.35. The van der Waals surface area contributed by atoms with E-state index in [4.69, 9.17) is 11.6 Å². The van der Waals surface area contributed by atoms with E-state index in [0.717, 1.165) is 30.4 Å². The number of rotatable bonds is 2. The average Bonchev–Trinajstić information content (AvgIpc) is 2.14. The van der Waals surface area contributed by atoms with Gasteiger partial charge in [0.25, 0.3) is 0 Å². The molecule has 0 saturated heterocycles. The molecule has 1 saturated carbocycles. The van der Waals surface area contributed by atoms with Crippen molar-refractivity contribution in [3.8, 4) is 0 Å². The molecule has 0 radical (unpaired) electrons. The summed E-state index contributed by atoms with van der Waals surface area (Å²) in [6, 6.07) is 7.94. The van der Waals surface area contributed by atoms with Crippen LogP contribution in [0.4, 0.5) is 0 Å². The maximum Gasteiger partial charge on any atom is 0.0896 e. The van der Waals surface area contributed by atoms with Crippen LogP contribution in [0.5, 0.6) is 0 Å². The molecule has 0 bridgehead atoms. The Hall–Kier alpha value is -0.530. The van der Waals surface area contributed by atoms with Crippen LogP contribution < -0.4 is 0 Å². The molecule has 13 heavy (non-hydrogen) atoms. The molecule has 1 aliphatic rings. The minimum Gasteiger partial charge on any atom is -0.385 e. The van der Waals surface area contributed by atoms with Crippen molar-refractivity contribution < 1.29 is 5.11 Å². The van der Waals surface area contributed by atoms with E-state index in [1.54, 1.807) is 0 Å². The second kappa shape index (κ2) is 3.32. The zero-order valence-corrected chi connectivity index (χ0v) is 8.22. The van der Waals surface area contributed by atoms with Gasteiger partial charge in [-0.3, -0.25) is 0 Å². The highest BCUT2D eigenvalue weighted by Crippen LogP contribution is 2.40. The van der Waals surface area contributed by atoms with Crippen molar-refractivity contribution in [2.24, 2.45) is 0 Å². The standard InChI is InChI=1S/C11H13ClO/c12-8-9-2-4-10(5-3-9)11(13)6-1-7-11/h2-5,13H,1,6-8H2. The Balaban J connectivity index is 2.22. The van der Waals surface area contributed by atoms with Gasteiger partial charge >= 0.3 is 0 Å². The Morgan fingerprint density at radius 3 is 2.23 bits per heavy atom. The Kier molecular flexibility index (Phi) is 2.31. The number of benzene rings is 1. The van der Waals surface area contributed by atoms with Crippen LogP contribution in [0.2, 0.25) is 0 Å². The van der Waals surface area contributed by atoms with Crippen LogP contribution >= 0.6 is 11.6 Å². The summed E-state index contributed by atoms with van der Waals surface area (Å²) >= 11 is 5.68. The molecule has 70 valence electrons. The zero-order chi connectivity index (χ0) is 9.31. The molecule has 0 aliphatic heterocycles. The first-order chi connectivity index (χ1) is 6.24. The first-order valence-electron chi connectivity index (χ1n) is 4.62. The van der Waals surface area contributed by atoms with E-state index < -0.39 is 5.60 Å². The SMILES string of the molecule is OC1(c2ccc(CCl)cc2)CCC1. The van der Waals surface area contributed by atoms with Crippen LogP contribution in [0.25, 0.3) is 0 Å². The summed E-state index contributed by atoms with van der Waals surface area (Å²) < 4.78 is 0. The van der Waals surface area contributed by atoms with Gasteiger partial charge in [0.05, 0.1) is 5.60 Å². The van der Waals surface area contributed by atoms with Crippen LogP contribution in [-0.4, -0.2) is 5.11 Å². The minimum atomic E-state index is -0.537. The Morgan fingerprint density at radius 1 is 1.23 bits per heavy atom. The molecule has 2 rings (SSSR count). The summed E-state index contributed by atoms with van der Waals surface area (Å²) in [5, 5.41) is 10.0. The van der Waals surface area contributed by atoms with E-state index in [0.29, 0.717) is 5.88 Å². The number of alkyl halides is 1. The van der Waals surface area contributed by atoms with Gasteiger partial charge in [-0.1, -0.05) is 24.3 Å². The van der Waals surface area contributed by atoms with Gasteiger partial charge in [0.2, 0.25) is 0 Å². The van der Waals surface area contributed by atoms with Crippen molar-refractivity contribution in [3.05, 3.63) is 35.4 Å². The van der Waals surface area contributed by atoms with E-state index in [1.807, 2.05) is 24.3 Å². The monoisotopic (exact) mass is 196 g/mol. The first kappa shape index (κ1) is 9.04. The molecule has 1 aliphatic carbocycles. The molecule has 0 spiro atoms. The van der Waals surface area contributed by atoms with Gasteiger partial charge in [0.15, 0.2) is 0 Å². The molecule has 1 N–H and O–H groups in total. The van der Waals surface area contributed by atoms with Crippen molar-refractivity contribution in [3.63, 3.8) is 0 Å². The van der Waals surface area contributed by atoms with Crippen molar-refractivity contribution in [2.45, 2.75) is 30.7 Å². The van der Waals surface area contributed by atoms with Crippen LogP contribution in [-0.2, 0) is 11.5 Å². The van der Waals surface area contributed by atoms with Gasteiger partial charge < -0.3 is 5.11 Å². The third kappa shape index (κ3) is 1.59. The Morgan fingerprint density at radius 2 is 1.85 bits per heavy atom. The van der Waals surface area contributed by atoms with Crippen molar-refractivity contribution in [1.29, 1.82) is 0 Å². The van der Waals surface area contributed by atoms with E-state index in [2.05, 4.69) is 0 Å². The van der Waals surface area contributed by atoms with Gasteiger partial charge in [-0.05, 0) is 30.4 Å². The lowest BCUT2D eigenvalue weighted by Gasteiger charge is -2.37. The van der Waals surface area contributed by atoms with Gasteiger partial charge in [-0.2, -0.15) is 0 Å². The predicted octanol–water partition coefficient (Wildman–Crippen LogP) is 2.80. The molecular weight excluding hydrogens is 184 g/mol. The number of hydrogen-bond donors (Lipinski definition) is 1. The number of hydrogen-bond acceptors (Lipinski definition) is 1. The lowest BCUT2D eigenvalue weighted by atomic mass is 9.75. The Labute approximate surface area is 83.3 Å². The lowest BCUT2D eigenvalue weighted by molar-refractivity contribution is -0.0387. The maximum atomic E-state index is 10.0. The van der Waals surface area contributed by atoms with E-state index >= 15 is 0 Å². The highest BCUT2D eigenvalue weighted by molar-refractivity contribution is 6.17. The molecular formula is C11H13ClO. The molecule has 0 unspecified atom stereocenters. The van der Waals surface area contributed by atoms with E-state index in [-0.39, 0.29) is 0 Å². The van der Waals surface area contributed by atoms with Crippen molar-refractivity contribution in [1.82, 2.24) is 0 Å². The molecule has 1 fully saturated rings. The van der Waals surface area contributed by atoms with Gasteiger partial charge in [0.1, 0.15) is 0 Å². The fraction of sp³-hybridized carbons (Fsp3) is 0.455. The zero-order valence-electron chi connectivity index (χ0n) is 7.46. The molecule has 0 atom stereocenters. The van der Waals surface area contributed by atoms with Crippen LogP contribution in [0.15, 0.2) is 24.3 Å².